The van der Waals surface area contributed by atoms with E-state index in [-0.39, 0.29) is 47.3 Å². The molecule has 1 atom stereocenters. The third kappa shape index (κ3) is 7.33. The molecular formula is C43H45ClN6O6. The molecule has 0 bridgehead atoms. The van der Waals surface area contributed by atoms with E-state index in [0.717, 1.165) is 67.0 Å². The van der Waals surface area contributed by atoms with Crippen LogP contribution in [0, 0.1) is 22.2 Å². The van der Waals surface area contributed by atoms with Crippen molar-refractivity contribution in [1.29, 1.82) is 5.26 Å². The van der Waals surface area contributed by atoms with Gasteiger partial charge in [-0.2, -0.15) is 5.26 Å². The van der Waals surface area contributed by atoms with Crippen LogP contribution in [0.25, 0.3) is 5.57 Å². The van der Waals surface area contributed by atoms with Crippen LogP contribution < -0.4 is 15.4 Å². The van der Waals surface area contributed by atoms with Gasteiger partial charge in [-0.1, -0.05) is 51.4 Å². The van der Waals surface area contributed by atoms with Crippen LogP contribution in [-0.4, -0.2) is 82.1 Å². The molecule has 3 aliphatic heterocycles. The van der Waals surface area contributed by atoms with Gasteiger partial charge in [0.25, 0.3) is 17.7 Å². The van der Waals surface area contributed by atoms with E-state index < -0.39 is 29.7 Å². The third-order valence-electron chi connectivity index (χ3n) is 11.8. The predicted molar refractivity (Wildman–Crippen MR) is 209 cm³/mol. The third-order valence-corrected chi connectivity index (χ3v) is 12.1. The summed E-state index contributed by atoms with van der Waals surface area (Å²) in [4.78, 5) is 71.6. The predicted octanol–water partition coefficient (Wildman–Crippen LogP) is 5.73. The molecule has 2 aromatic carbocycles. The Morgan fingerprint density at radius 3 is 2.43 bits per heavy atom. The lowest BCUT2D eigenvalue weighted by molar-refractivity contribution is -0.164. The molecule has 1 saturated heterocycles. The normalized spacial score (nSPS) is 22.8. The van der Waals surface area contributed by atoms with Gasteiger partial charge in [-0.05, 0) is 86.2 Å². The molecule has 0 spiro atoms. The molecule has 4 aliphatic rings. The number of carbonyl (C=O) groups excluding carboxylic acids is 5. The van der Waals surface area contributed by atoms with Crippen LogP contribution in [0.1, 0.15) is 108 Å². The summed E-state index contributed by atoms with van der Waals surface area (Å²) in [7, 11) is 0. The van der Waals surface area contributed by atoms with E-state index in [2.05, 4.69) is 60.4 Å². The van der Waals surface area contributed by atoms with E-state index in [1.165, 1.54) is 0 Å². The fourth-order valence-electron chi connectivity index (χ4n) is 9.01. The van der Waals surface area contributed by atoms with E-state index in [1.54, 1.807) is 36.5 Å². The first-order valence-electron chi connectivity index (χ1n) is 19.1. The number of hydrogen-bond donors (Lipinski definition) is 2. The minimum atomic E-state index is -0.981. The van der Waals surface area contributed by atoms with Crippen molar-refractivity contribution in [2.24, 2.45) is 10.8 Å². The first-order valence-corrected chi connectivity index (χ1v) is 19.5. The Balaban J connectivity index is 0.859. The molecule has 4 heterocycles. The summed E-state index contributed by atoms with van der Waals surface area (Å²) < 4.78 is 6.35. The molecule has 2 fully saturated rings. The van der Waals surface area contributed by atoms with E-state index >= 15 is 0 Å². The number of imide groups is 2. The fourth-order valence-corrected chi connectivity index (χ4v) is 9.22. The molecule has 12 nitrogen and oxygen atoms in total. The number of unbranched alkanes of at least 4 members (excludes halogenated alkanes) is 1. The zero-order valence-corrected chi connectivity index (χ0v) is 32.7. The molecule has 1 unspecified atom stereocenters. The van der Waals surface area contributed by atoms with Crippen LogP contribution in [0.3, 0.4) is 0 Å². The van der Waals surface area contributed by atoms with Crippen molar-refractivity contribution in [2.75, 3.05) is 19.6 Å². The largest absolute Gasteiger partial charge is 0.489 e. The number of ether oxygens (including phenoxy) is 1. The van der Waals surface area contributed by atoms with Crippen molar-refractivity contribution in [3.8, 4) is 11.8 Å². The summed E-state index contributed by atoms with van der Waals surface area (Å²) in [6.45, 7) is 10.9. The number of carbonyl (C=O) groups is 5. The number of halogens is 1. The lowest BCUT2D eigenvalue weighted by atomic mass is 9.49. The summed E-state index contributed by atoms with van der Waals surface area (Å²) in [6, 6.07) is 15.0. The van der Waals surface area contributed by atoms with Gasteiger partial charge in [-0.3, -0.25) is 44.1 Å². The average molecular weight is 777 g/mol. The second kappa shape index (κ2) is 15.3. The monoisotopic (exact) mass is 776 g/mol. The Morgan fingerprint density at radius 2 is 1.77 bits per heavy atom. The van der Waals surface area contributed by atoms with E-state index in [4.69, 9.17) is 16.3 Å². The molecule has 2 N–H and O–H groups in total. The van der Waals surface area contributed by atoms with Gasteiger partial charge in [0.05, 0.1) is 27.3 Å². The highest BCUT2D eigenvalue weighted by Crippen LogP contribution is 2.55. The van der Waals surface area contributed by atoms with Gasteiger partial charge in [0.15, 0.2) is 0 Å². The highest BCUT2D eigenvalue weighted by Gasteiger charge is 2.64. The number of aromatic nitrogens is 1. The number of amides is 5. The summed E-state index contributed by atoms with van der Waals surface area (Å²) in [5.41, 5.74) is 3.67. The molecule has 7 rings (SSSR count). The Kier molecular flexibility index (Phi) is 10.6. The van der Waals surface area contributed by atoms with Crippen molar-refractivity contribution in [3.05, 3.63) is 99.3 Å². The number of benzene rings is 2. The summed E-state index contributed by atoms with van der Waals surface area (Å²) in [6.07, 6.45) is 7.37. The van der Waals surface area contributed by atoms with Crippen LogP contribution in [0.2, 0.25) is 5.02 Å². The number of nitriles is 1. The molecule has 56 heavy (non-hydrogen) atoms. The van der Waals surface area contributed by atoms with Crippen molar-refractivity contribution < 1.29 is 28.7 Å². The van der Waals surface area contributed by atoms with Crippen molar-refractivity contribution >= 4 is 46.7 Å². The number of fused-ring (bicyclic) bond motifs is 1. The van der Waals surface area contributed by atoms with Crippen LogP contribution in [0.15, 0.2) is 60.8 Å². The fraction of sp³-hybridized carbons (Fsp3) is 0.419. The maximum atomic E-state index is 13.3. The number of nitrogens with zero attached hydrogens (tertiary/aromatic N) is 4. The quantitative estimate of drug-likeness (QED) is 0.183. The second-order valence-electron chi connectivity index (χ2n) is 16.3. The molecule has 1 aromatic heterocycles. The maximum Gasteiger partial charge on any atom is 0.262 e. The van der Waals surface area contributed by atoms with Gasteiger partial charge >= 0.3 is 0 Å². The van der Waals surface area contributed by atoms with E-state index in [9.17, 15) is 29.2 Å². The molecular weight excluding hydrogens is 732 g/mol. The Labute approximate surface area is 331 Å². The number of aryl methyl sites for hydroxylation is 1. The van der Waals surface area contributed by atoms with Crippen molar-refractivity contribution in [2.45, 2.75) is 84.4 Å². The average Bonchev–Trinajstić information content (AvgIpc) is 3.42. The van der Waals surface area contributed by atoms with Crippen LogP contribution in [-0.2, 0) is 16.0 Å². The number of piperidine rings is 1. The molecule has 5 amide bonds. The van der Waals surface area contributed by atoms with Gasteiger partial charge in [-0.15, -0.1) is 0 Å². The lowest BCUT2D eigenvalue weighted by Gasteiger charge is -2.63. The van der Waals surface area contributed by atoms with Gasteiger partial charge < -0.3 is 10.1 Å². The highest BCUT2D eigenvalue weighted by atomic mass is 35.5. The Hall–Kier alpha value is -5.38. The molecule has 290 valence electrons. The maximum absolute atomic E-state index is 13.3. The molecule has 0 radical (unpaired) electrons. The standard InChI is InChI=1S/C43H45ClN6O6/c1-42(2)40(43(3,4)41(42)56-30-12-9-27(23-45)33(44)22-30)48-36(52)28-8-11-29(46-24-28)7-5-6-18-49-19-16-25(17-20-49)26-10-13-31-32(21-26)39(55)50(38(31)54)34-14-15-35(51)47-37(34)53/h8-13,16,21-22,24,34,40-41H,5-7,14-15,17-20H2,1-4H3,(H,48,52)(H,47,51,53). The van der Waals surface area contributed by atoms with Crippen molar-refractivity contribution in [1.82, 2.24) is 25.4 Å². The Bertz CT molecular complexity index is 2170. The molecule has 13 heteroatoms. The summed E-state index contributed by atoms with van der Waals surface area (Å²) in [5.74, 6) is -1.61. The first-order chi connectivity index (χ1) is 26.7. The Morgan fingerprint density at radius 1 is 1.00 bits per heavy atom. The molecule has 1 aliphatic carbocycles. The summed E-state index contributed by atoms with van der Waals surface area (Å²) in [5, 5.41) is 15.0. The number of rotatable bonds is 11. The minimum Gasteiger partial charge on any atom is -0.489 e. The lowest BCUT2D eigenvalue weighted by Crippen LogP contribution is -2.74. The zero-order valence-electron chi connectivity index (χ0n) is 32.0. The second-order valence-corrected chi connectivity index (χ2v) is 16.7. The highest BCUT2D eigenvalue weighted by molar-refractivity contribution is 6.31. The smallest absolute Gasteiger partial charge is 0.262 e. The van der Waals surface area contributed by atoms with Crippen LogP contribution in [0.5, 0.6) is 5.75 Å². The van der Waals surface area contributed by atoms with Gasteiger partial charge in [0.2, 0.25) is 11.8 Å². The zero-order chi connectivity index (χ0) is 39.9. The minimum absolute atomic E-state index is 0.0842. The van der Waals surface area contributed by atoms with Gasteiger partial charge in [0.1, 0.15) is 24.0 Å². The summed E-state index contributed by atoms with van der Waals surface area (Å²) >= 11 is 6.23. The van der Waals surface area contributed by atoms with Gasteiger partial charge in [0, 0.05) is 54.3 Å². The van der Waals surface area contributed by atoms with Gasteiger partial charge in [-0.25, -0.2) is 0 Å². The number of nitrogens with one attached hydrogen (secondary N) is 2. The van der Waals surface area contributed by atoms with Crippen molar-refractivity contribution in [3.63, 3.8) is 0 Å². The van der Waals surface area contributed by atoms with E-state index in [0.29, 0.717) is 27.5 Å². The molecule has 3 aromatic rings. The first kappa shape index (κ1) is 38.9. The van der Waals surface area contributed by atoms with Crippen LogP contribution in [0.4, 0.5) is 0 Å². The topological polar surface area (TPSA) is 162 Å². The molecule has 1 saturated carbocycles. The number of pyridine rings is 1. The number of hydrogen-bond acceptors (Lipinski definition) is 9. The van der Waals surface area contributed by atoms with Crippen LogP contribution >= 0.6 is 11.6 Å². The van der Waals surface area contributed by atoms with E-state index in [1.807, 2.05) is 18.2 Å². The SMILES string of the molecule is CC1(C)C(NC(=O)c2ccc(CCCCN3CC=C(c4ccc5c(c4)C(=O)N(C4CCC(=O)NC4=O)C5=O)CC3)nc2)C(C)(C)C1Oc1ccc(C#N)c(Cl)c1.